The largest absolute Gasteiger partial charge is 0.481 e. The summed E-state index contributed by atoms with van der Waals surface area (Å²) in [7, 11) is -4.13. The zero-order valence-corrected chi connectivity index (χ0v) is 13.8. The maximum Gasteiger partial charge on any atom is 0.416 e. The lowest BCUT2D eigenvalue weighted by atomic mass is 10.2. The molecule has 0 atom stereocenters. The number of benzene rings is 1. The van der Waals surface area contributed by atoms with Crippen molar-refractivity contribution in [1.29, 1.82) is 0 Å². The Morgan fingerprint density at radius 2 is 1.80 bits per heavy atom. The van der Waals surface area contributed by atoms with Crippen LogP contribution in [0, 0.1) is 0 Å². The molecular formula is C14H17F3N2O5S. The van der Waals surface area contributed by atoms with Crippen molar-refractivity contribution in [3.8, 4) is 0 Å². The SMILES string of the molecule is O=C(O)CCNC(=O)CCCNS(=O)(=O)c1cccc(C(F)(F)F)c1. The first kappa shape index (κ1) is 20.9. The summed E-state index contributed by atoms with van der Waals surface area (Å²) in [5, 5.41) is 10.8. The quantitative estimate of drug-likeness (QED) is 0.558. The minimum absolute atomic E-state index is 0.0376. The van der Waals surface area contributed by atoms with Crippen LogP contribution in [0.15, 0.2) is 29.2 Å². The maximum absolute atomic E-state index is 12.6. The van der Waals surface area contributed by atoms with Gasteiger partial charge in [-0.15, -0.1) is 0 Å². The van der Waals surface area contributed by atoms with E-state index in [0.717, 1.165) is 18.2 Å². The molecular weight excluding hydrogens is 365 g/mol. The van der Waals surface area contributed by atoms with Crippen LogP contribution in [0.5, 0.6) is 0 Å². The summed E-state index contributed by atoms with van der Waals surface area (Å²) >= 11 is 0. The van der Waals surface area contributed by atoms with Crippen LogP contribution in [0.4, 0.5) is 13.2 Å². The van der Waals surface area contributed by atoms with Gasteiger partial charge in [0.1, 0.15) is 0 Å². The molecule has 0 heterocycles. The number of carboxylic acids is 1. The Balaban J connectivity index is 2.49. The van der Waals surface area contributed by atoms with Gasteiger partial charge in [-0.1, -0.05) is 6.07 Å². The number of alkyl halides is 3. The number of nitrogens with one attached hydrogen (secondary N) is 2. The van der Waals surface area contributed by atoms with Gasteiger partial charge in [0.25, 0.3) is 0 Å². The fourth-order valence-corrected chi connectivity index (χ4v) is 2.90. The van der Waals surface area contributed by atoms with Crippen LogP contribution in [0.3, 0.4) is 0 Å². The molecule has 140 valence electrons. The molecule has 0 fully saturated rings. The molecule has 1 amide bonds. The topological polar surface area (TPSA) is 113 Å². The molecule has 11 heteroatoms. The number of carboxylic acid groups (broad SMARTS) is 1. The number of halogens is 3. The summed E-state index contributed by atoms with van der Waals surface area (Å²) in [6.45, 7) is -0.185. The fraction of sp³-hybridized carbons (Fsp3) is 0.429. The molecule has 0 aliphatic heterocycles. The standard InChI is InChI=1S/C14H17F3N2O5S/c15-14(16,17)10-3-1-4-11(9-10)25(23,24)19-7-2-5-12(20)18-8-6-13(21)22/h1,3-4,9,19H,2,5-8H2,(H,18,20)(H,21,22). The van der Waals surface area contributed by atoms with Crippen molar-refractivity contribution in [2.45, 2.75) is 30.3 Å². The zero-order valence-electron chi connectivity index (χ0n) is 13.0. The molecule has 0 aromatic heterocycles. The van der Waals surface area contributed by atoms with Gasteiger partial charge in [-0.05, 0) is 24.6 Å². The van der Waals surface area contributed by atoms with Crippen molar-refractivity contribution in [2.75, 3.05) is 13.1 Å². The van der Waals surface area contributed by atoms with E-state index in [1.807, 2.05) is 0 Å². The summed E-state index contributed by atoms with van der Waals surface area (Å²) in [5.74, 6) is -1.51. The molecule has 1 rings (SSSR count). The van der Waals surface area contributed by atoms with E-state index in [4.69, 9.17) is 5.11 Å². The Kier molecular flexibility index (Phi) is 7.37. The second-order valence-electron chi connectivity index (χ2n) is 5.02. The van der Waals surface area contributed by atoms with Crippen LogP contribution in [0.2, 0.25) is 0 Å². The highest BCUT2D eigenvalue weighted by molar-refractivity contribution is 7.89. The summed E-state index contributed by atoms with van der Waals surface area (Å²) in [4.78, 5) is 21.1. The lowest BCUT2D eigenvalue weighted by molar-refractivity contribution is -0.138. The van der Waals surface area contributed by atoms with Gasteiger partial charge < -0.3 is 10.4 Å². The Morgan fingerprint density at radius 1 is 1.12 bits per heavy atom. The second kappa shape index (κ2) is 8.81. The summed E-state index contributed by atoms with van der Waals surface area (Å²) < 4.78 is 63.9. The predicted molar refractivity (Wildman–Crippen MR) is 81.1 cm³/mol. The Labute approximate surface area is 142 Å². The minimum Gasteiger partial charge on any atom is -0.481 e. The molecule has 0 saturated carbocycles. The van der Waals surface area contributed by atoms with Gasteiger partial charge in [-0.3, -0.25) is 9.59 Å². The number of amides is 1. The number of sulfonamides is 1. The molecule has 0 spiro atoms. The molecule has 0 saturated heterocycles. The van der Waals surface area contributed by atoms with Crippen LogP contribution < -0.4 is 10.0 Å². The maximum atomic E-state index is 12.6. The number of hydrogen-bond acceptors (Lipinski definition) is 4. The Bertz CT molecular complexity index is 719. The van der Waals surface area contributed by atoms with E-state index in [2.05, 4.69) is 10.0 Å². The van der Waals surface area contributed by atoms with Crippen LogP contribution in [-0.4, -0.2) is 38.5 Å². The highest BCUT2D eigenvalue weighted by atomic mass is 32.2. The molecule has 25 heavy (non-hydrogen) atoms. The van der Waals surface area contributed by atoms with Crippen LogP contribution >= 0.6 is 0 Å². The number of hydrogen-bond donors (Lipinski definition) is 3. The van der Waals surface area contributed by atoms with Crippen molar-refractivity contribution < 1.29 is 36.3 Å². The molecule has 0 aliphatic carbocycles. The third kappa shape index (κ3) is 7.52. The van der Waals surface area contributed by atoms with Crippen molar-refractivity contribution in [3.05, 3.63) is 29.8 Å². The van der Waals surface area contributed by atoms with Crippen molar-refractivity contribution in [1.82, 2.24) is 10.0 Å². The van der Waals surface area contributed by atoms with Gasteiger partial charge in [0.05, 0.1) is 16.9 Å². The van der Waals surface area contributed by atoms with E-state index < -0.39 is 38.5 Å². The van der Waals surface area contributed by atoms with Gasteiger partial charge >= 0.3 is 12.1 Å². The van der Waals surface area contributed by atoms with Gasteiger partial charge in [0.15, 0.2) is 0 Å². The molecule has 0 radical (unpaired) electrons. The zero-order chi connectivity index (χ0) is 19.1. The van der Waals surface area contributed by atoms with E-state index in [0.29, 0.717) is 6.07 Å². The summed E-state index contributed by atoms with van der Waals surface area (Å²) in [5.41, 5.74) is -1.08. The van der Waals surface area contributed by atoms with Crippen molar-refractivity contribution >= 4 is 21.9 Å². The van der Waals surface area contributed by atoms with Gasteiger partial charge in [0.2, 0.25) is 15.9 Å². The number of carbonyl (C=O) groups excluding carboxylic acids is 1. The number of carbonyl (C=O) groups is 2. The van der Waals surface area contributed by atoms with E-state index in [9.17, 15) is 31.2 Å². The van der Waals surface area contributed by atoms with E-state index in [1.54, 1.807) is 0 Å². The van der Waals surface area contributed by atoms with E-state index in [1.165, 1.54) is 0 Å². The van der Waals surface area contributed by atoms with Gasteiger partial charge in [-0.25, -0.2) is 13.1 Å². The lowest BCUT2D eigenvalue weighted by Crippen LogP contribution is -2.28. The first-order valence-corrected chi connectivity index (χ1v) is 8.66. The molecule has 7 nitrogen and oxygen atoms in total. The molecule has 0 unspecified atom stereocenters. The highest BCUT2D eigenvalue weighted by Crippen LogP contribution is 2.30. The monoisotopic (exact) mass is 382 g/mol. The van der Waals surface area contributed by atoms with Crippen molar-refractivity contribution in [2.24, 2.45) is 0 Å². The number of aliphatic carboxylic acids is 1. The summed E-state index contributed by atoms with van der Waals surface area (Å²) in [6, 6.07) is 3.32. The third-order valence-electron chi connectivity index (χ3n) is 3.01. The molecule has 1 aromatic carbocycles. The van der Waals surface area contributed by atoms with Crippen LogP contribution in [-0.2, 0) is 25.8 Å². The number of rotatable bonds is 9. The lowest BCUT2D eigenvalue weighted by Gasteiger charge is -2.10. The second-order valence-corrected chi connectivity index (χ2v) is 6.79. The average molecular weight is 382 g/mol. The molecule has 1 aromatic rings. The Morgan fingerprint density at radius 3 is 2.40 bits per heavy atom. The minimum atomic E-state index is -4.65. The first-order valence-electron chi connectivity index (χ1n) is 7.18. The molecule has 0 bridgehead atoms. The fourth-order valence-electron chi connectivity index (χ4n) is 1.78. The molecule has 3 N–H and O–H groups in total. The summed E-state index contributed by atoms with van der Waals surface area (Å²) in [6.07, 6.45) is -4.82. The van der Waals surface area contributed by atoms with Crippen LogP contribution in [0.1, 0.15) is 24.8 Å². The predicted octanol–water partition coefficient (Wildman–Crippen LogP) is 1.35. The Hall–Kier alpha value is -2.14. The van der Waals surface area contributed by atoms with E-state index >= 15 is 0 Å². The first-order chi connectivity index (χ1) is 11.5. The third-order valence-corrected chi connectivity index (χ3v) is 4.46. The van der Waals surface area contributed by atoms with Crippen LogP contribution in [0.25, 0.3) is 0 Å². The van der Waals surface area contributed by atoms with Gasteiger partial charge in [0, 0.05) is 19.5 Å². The van der Waals surface area contributed by atoms with Crippen molar-refractivity contribution in [3.63, 3.8) is 0 Å². The average Bonchev–Trinajstić information content (AvgIpc) is 2.50. The normalized spacial score (nSPS) is 12.0. The highest BCUT2D eigenvalue weighted by Gasteiger charge is 2.31. The smallest absolute Gasteiger partial charge is 0.416 e. The van der Waals surface area contributed by atoms with E-state index in [-0.39, 0.29) is 32.4 Å². The van der Waals surface area contributed by atoms with Gasteiger partial charge in [-0.2, -0.15) is 13.2 Å². The molecule has 0 aliphatic rings.